The molecular weight excluding hydrogens is 172 g/mol. The normalized spacial score (nSPS) is 10.8. The van der Waals surface area contributed by atoms with Gasteiger partial charge in [-0.2, -0.15) is 0 Å². The van der Waals surface area contributed by atoms with Crippen LogP contribution in [0.4, 0.5) is 0 Å². The lowest BCUT2D eigenvalue weighted by molar-refractivity contribution is 1.14. The highest BCUT2D eigenvalue weighted by molar-refractivity contribution is 6.29. The number of hydrogen-bond donors (Lipinski definition) is 1. The van der Waals surface area contributed by atoms with E-state index in [0.717, 1.165) is 17.5 Å². The van der Waals surface area contributed by atoms with E-state index in [4.69, 9.17) is 11.6 Å². The average Bonchev–Trinajstić information content (AvgIpc) is 2.43. The van der Waals surface area contributed by atoms with E-state index in [1.165, 1.54) is 5.56 Å². The minimum Gasteiger partial charge on any atom is -0.329 e. The van der Waals surface area contributed by atoms with Gasteiger partial charge in [0.1, 0.15) is 0 Å². The van der Waals surface area contributed by atoms with Crippen LogP contribution in [0.2, 0.25) is 5.28 Å². The predicted octanol–water partition coefficient (Wildman–Crippen LogP) is 2.78. The zero-order chi connectivity index (χ0) is 8.55. The van der Waals surface area contributed by atoms with Crippen LogP contribution in [0.5, 0.6) is 0 Å². The highest BCUT2D eigenvalue weighted by Crippen LogP contribution is 2.16. The first-order chi connectivity index (χ1) is 5.79. The summed E-state index contributed by atoms with van der Waals surface area (Å²) >= 11 is 5.71. The van der Waals surface area contributed by atoms with Gasteiger partial charge in [0.05, 0.1) is 11.0 Å². The SMILES string of the molecule is CCc1ccc2nc(Cl)[nH]c2c1. The zero-order valence-electron chi connectivity index (χ0n) is 6.76. The minimum absolute atomic E-state index is 0.457. The Morgan fingerprint density at radius 1 is 1.50 bits per heavy atom. The fraction of sp³-hybridized carbons (Fsp3) is 0.222. The van der Waals surface area contributed by atoms with Crippen LogP contribution in [0, 0.1) is 0 Å². The maximum absolute atomic E-state index is 5.71. The number of H-pyrrole nitrogens is 1. The second-order valence-corrected chi connectivity index (χ2v) is 3.09. The third-order valence-corrected chi connectivity index (χ3v) is 2.10. The Hall–Kier alpha value is -1.02. The third-order valence-electron chi connectivity index (χ3n) is 1.93. The second kappa shape index (κ2) is 2.79. The molecule has 0 saturated carbocycles. The van der Waals surface area contributed by atoms with Crippen molar-refractivity contribution < 1.29 is 0 Å². The summed E-state index contributed by atoms with van der Waals surface area (Å²) in [5.41, 5.74) is 3.24. The lowest BCUT2D eigenvalue weighted by Gasteiger charge is -1.93. The maximum Gasteiger partial charge on any atom is 0.201 e. The van der Waals surface area contributed by atoms with Gasteiger partial charge in [-0.15, -0.1) is 0 Å². The number of imidazole rings is 1. The molecule has 0 spiro atoms. The van der Waals surface area contributed by atoms with Gasteiger partial charge in [0.25, 0.3) is 0 Å². The summed E-state index contributed by atoms with van der Waals surface area (Å²) < 4.78 is 0. The summed E-state index contributed by atoms with van der Waals surface area (Å²) in [7, 11) is 0. The van der Waals surface area contributed by atoms with Crippen LogP contribution in [0.25, 0.3) is 11.0 Å². The molecule has 3 heteroatoms. The summed E-state index contributed by atoms with van der Waals surface area (Å²) in [6, 6.07) is 6.13. The Labute approximate surface area is 75.6 Å². The molecule has 1 aromatic heterocycles. The highest BCUT2D eigenvalue weighted by atomic mass is 35.5. The van der Waals surface area contributed by atoms with Gasteiger partial charge in [0.15, 0.2) is 0 Å². The van der Waals surface area contributed by atoms with Gasteiger partial charge in [0, 0.05) is 0 Å². The van der Waals surface area contributed by atoms with Gasteiger partial charge in [0.2, 0.25) is 5.28 Å². The van der Waals surface area contributed by atoms with E-state index in [1.807, 2.05) is 6.07 Å². The van der Waals surface area contributed by atoms with Crippen molar-refractivity contribution in [2.45, 2.75) is 13.3 Å². The Morgan fingerprint density at radius 2 is 2.33 bits per heavy atom. The number of benzene rings is 1. The zero-order valence-corrected chi connectivity index (χ0v) is 7.52. The molecule has 1 N–H and O–H groups in total. The number of aryl methyl sites for hydroxylation is 1. The van der Waals surface area contributed by atoms with Crippen molar-refractivity contribution in [3.63, 3.8) is 0 Å². The summed E-state index contributed by atoms with van der Waals surface area (Å²) in [4.78, 5) is 7.09. The summed E-state index contributed by atoms with van der Waals surface area (Å²) in [5, 5.41) is 0.457. The van der Waals surface area contributed by atoms with Gasteiger partial charge in [-0.25, -0.2) is 4.98 Å². The fourth-order valence-electron chi connectivity index (χ4n) is 1.25. The lowest BCUT2D eigenvalue weighted by atomic mass is 10.1. The smallest absolute Gasteiger partial charge is 0.201 e. The Morgan fingerprint density at radius 3 is 3.08 bits per heavy atom. The Kier molecular flexibility index (Phi) is 1.77. The molecule has 1 aromatic carbocycles. The lowest BCUT2D eigenvalue weighted by Crippen LogP contribution is -1.78. The summed E-state index contributed by atoms with van der Waals surface area (Å²) in [6.45, 7) is 2.12. The molecule has 0 radical (unpaired) electrons. The van der Waals surface area contributed by atoms with Gasteiger partial charge < -0.3 is 4.98 Å². The molecular formula is C9H9ClN2. The first-order valence-corrected chi connectivity index (χ1v) is 4.31. The number of fused-ring (bicyclic) bond motifs is 1. The predicted molar refractivity (Wildman–Crippen MR) is 50.5 cm³/mol. The first kappa shape index (κ1) is 7.62. The molecule has 0 aliphatic rings. The quantitative estimate of drug-likeness (QED) is 0.719. The van der Waals surface area contributed by atoms with Crippen molar-refractivity contribution in [1.29, 1.82) is 0 Å². The van der Waals surface area contributed by atoms with Gasteiger partial charge in [-0.3, -0.25) is 0 Å². The monoisotopic (exact) mass is 180 g/mol. The molecule has 0 saturated heterocycles. The molecule has 12 heavy (non-hydrogen) atoms. The van der Waals surface area contributed by atoms with E-state index in [0.29, 0.717) is 5.28 Å². The molecule has 0 aliphatic carbocycles. The number of aromatic amines is 1. The van der Waals surface area contributed by atoms with E-state index in [2.05, 4.69) is 29.0 Å². The number of hydrogen-bond acceptors (Lipinski definition) is 1. The van der Waals surface area contributed by atoms with Crippen molar-refractivity contribution in [3.8, 4) is 0 Å². The molecule has 2 nitrogen and oxygen atoms in total. The van der Waals surface area contributed by atoms with Crippen LogP contribution in [-0.4, -0.2) is 9.97 Å². The molecule has 1 heterocycles. The highest BCUT2D eigenvalue weighted by Gasteiger charge is 1.99. The molecule has 0 amide bonds. The largest absolute Gasteiger partial charge is 0.329 e. The van der Waals surface area contributed by atoms with E-state index >= 15 is 0 Å². The summed E-state index contributed by atoms with van der Waals surface area (Å²) in [5.74, 6) is 0. The first-order valence-electron chi connectivity index (χ1n) is 3.93. The van der Waals surface area contributed by atoms with Crippen molar-refractivity contribution in [1.82, 2.24) is 9.97 Å². The van der Waals surface area contributed by atoms with Crippen LogP contribution in [0.1, 0.15) is 12.5 Å². The van der Waals surface area contributed by atoms with E-state index in [1.54, 1.807) is 0 Å². The van der Waals surface area contributed by atoms with E-state index < -0.39 is 0 Å². The molecule has 0 atom stereocenters. The van der Waals surface area contributed by atoms with Crippen LogP contribution in [0.15, 0.2) is 18.2 Å². The molecule has 62 valence electrons. The topological polar surface area (TPSA) is 28.7 Å². The standard InChI is InChI=1S/C9H9ClN2/c1-2-6-3-4-7-8(5-6)12-9(10)11-7/h3-5H,2H2,1H3,(H,11,12). The van der Waals surface area contributed by atoms with E-state index in [9.17, 15) is 0 Å². The number of nitrogens with one attached hydrogen (secondary N) is 1. The van der Waals surface area contributed by atoms with Gasteiger partial charge in [-0.05, 0) is 35.7 Å². The molecule has 2 rings (SSSR count). The molecule has 0 aliphatic heterocycles. The summed E-state index contributed by atoms with van der Waals surface area (Å²) in [6.07, 6.45) is 1.03. The number of halogens is 1. The van der Waals surface area contributed by atoms with Gasteiger partial charge >= 0.3 is 0 Å². The number of aromatic nitrogens is 2. The number of rotatable bonds is 1. The van der Waals surface area contributed by atoms with Crippen molar-refractivity contribution in [2.75, 3.05) is 0 Å². The van der Waals surface area contributed by atoms with Gasteiger partial charge in [-0.1, -0.05) is 13.0 Å². The maximum atomic E-state index is 5.71. The van der Waals surface area contributed by atoms with E-state index in [-0.39, 0.29) is 0 Å². The van der Waals surface area contributed by atoms with Crippen LogP contribution in [0.3, 0.4) is 0 Å². The Balaban J connectivity index is 2.66. The van der Waals surface area contributed by atoms with Crippen LogP contribution < -0.4 is 0 Å². The minimum atomic E-state index is 0.457. The number of nitrogens with zero attached hydrogens (tertiary/aromatic N) is 1. The molecule has 0 unspecified atom stereocenters. The van der Waals surface area contributed by atoms with Crippen LogP contribution >= 0.6 is 11.6 Å². The fourth-order valence-corrected chi connectivity index (χ4v) is 1.44. The van der Waals surface area contributed by atoms with Crippen LogP contribution in [-0.2, 0) is 6.42 Å². The molecule has 2 aromatic rings. The van der Waals surface area contributed by atoms with Crippen molar-refractivity contribution in [2.24, 2.45) is 0 Å². The van der Waals surface area contributed by atoms with Crippen molar-refractivity contribution >= 4 is 22.6 Å². The average molecular weight is 181 g/mol. The molecule has 0 fully saturated rings. The second-order valence-electron chi connectivity index (χ2n) is 2.73. The molecule has 0 bridgehead atoms. The Bertz CT molecular complexity index is 406. The van der Waals surface area contributed by atoms with Crippen molar-refractivity contribution in [3.05, 3.63) is 29.0 Å². The third kappa shape index (κ3) is 1.18.